The maximum atomic E-state index is 12.1. The van der Waals surface area contributed by atoms with Crippen molar-refractivity contribution in [3.63, 3.8) is 0 Å². The zero-order chi connectivity index (χ0) is 17.8. The third-order valence-electron chi connectivity index (χ3n) is 3.47. The number of thioether (sulfide) groups is 1. The quantitative estimate of drug-likeness (QED) is 0.705. The van der Waals surface area contributed by atoms with Gasteiger partial charge in [-0.25, -0.2) is 9.78 Å². The highest BCUT2D eigenvalue weighted by Gasteiger charge is 2.09. The van der Waals surface area contributed by atoms with Gasteiger partial charge in [-0.3, -0.25) is 9.20 Å². The number of fused-ring (bicyclic) bond motifs is 1. The van der Waals surface area contributed by atoms with E-state index in [4.69, 9.17) is 4.74 Å². The number of rotatable bonds is 5. The average Bonchev–Trinajstić information content (AvgIpc) is 2.61. The van der Waals surface area contributed by atoms with Crippen LogP contribution < -0.4 is 15.7 Å². The minimum absolute atomic E-state index is 0.105. The zero-order valence-corrected chi connectivity index (χ0v) is 14.5. The number of aromatic nitrogens is 3. The van der Waals surface area contributed by atoms with Gasteiger partial charge in [-0.05, 0) is 42.8 Å². The number of nitrogens with one attached hydrogen (secondary N) is 1. The van der Waals surface area contributed by atoms with Gasteiger partial charge in [0, 0.05) is 11.9 Å². The van der Waals surface area contributed by atoms with Crippen LogP contribution in [0.4, 0.5) is 5.69 Å². The first-order valence-corrected chi connectivity index (χ1v) is 8.48. The molecular formula is C17H16N4O3S. The Morgan fingerprint density at radius 1 is 1.24 bits per heavy atom. The first kappa shape index (κ1) is 17.0. The summed E-state index contributed by atoms with van der Waals surface area (Å²) in [5.41, 5.74) is 1.67. The molecule has 1 amide bonds. The summed E-state index contributed by atoms with van der Waals surface area (Å²) in [6.45, 7) is 1.87. The molecule has 8 heteroatoms. The van der Waals surface area contributed by atoms with Crippen LogP contribution in [-0.2, 0) is 4.79 Å². The van der Waals surface area contributed by atoms with E-state index in [1.165, 1.54) is 4.40 Å². The van der Waals surface area contributed by atoms with Gasteiger partial charge >= 0.3 is 5.69 Å². The summed E-state index contributed by atoms with van der Waals surface area (Å²) in [5, 5.41) is 3.05. The highest BCUT2D eigenvalue weighted by Crippen LogP contribution is 2.17. The molecule has 0 aliphatic carbocycles. The summed E-state index contributed by atoms with van der Waals surface area (Å²) in [7, 11) is 1.58. The number of pyridine rings is 1. The van der Waals surface area contributed by atoms with Crippen molar-refractivity contribution in [2.24, 2.45) is 0 Å². The maximum Gasteiger partial charge on any atom is 0.355 e. The fourth-order valence-electron chi connectivity index (χ4n) is 2.22. The molecule has 3 rings (SSSR count). The second-order valence-electron chi connectivity index (χ2n) is 5.24. The fraction of sp³-hybridized carbons (Fsp3) is 0.176. The van der Waals surface area contributed by atoms with Crippen LogP contribution in [0.15, 0.2) is 52.5 Å². The van der Waals surface area contributed by atoms with E-state index in [-0.39, 0.29) is 16.8 Å². The molecule has 128 valence electrons. The molecular weight excluding hydrogens is 340 g/mol. The van der Waals surface area contributed by atoms with Crippen molar-refractivity contribution in [2.45, 2.75) is 12.1 Å². The van der Waals surface area contributed by atoms with Crippen LogP contribution >= 0.6 is 11.8 Å². The van der Waals surface area contributed by atoms with Crippen LogP contribution in [0.25, 0.3) is 5.65 Å². The minimum atomic E-state index is -0.410. The van der Waals surface area contributed by atoms with Crippen molar-refractivity contribution in [1.29, 1.82) is 0 Å². The van der Waals surface area contributed by atoms with Gasteiger partial charge in [0.2, 0.25) is 5.91 Å². The van der Waals surface area contributed by atoms with Crippen molar-refractivity contribution in [1.82, 2.24) is 14.4 Å². The predicted molar refractivity (Wildman–Crippen MR) is 96.3 cm³/mol. The fourth-order valence-corrected chi connectivity index (χ4v) is 2.85. The number of ether oxygens (including phenoxy) is 1. The molecule has 0 spiro atoms. The molecule has 25 heavy (non-hydrogen) atoms. The van der Waals surface area contributed by atoms with Crippen molar-refractivity contribution in [3.05, 3.63) is 58.6 Å². The van der Waals surface area contributed by atoms with Gasteiger partial charge in [0.1, 0.15) is 11.4 Å². The SMILES string of the molecule is COc1ccc(NC(=O)CSc2nc(=O)n3cccc(C)c3n2)cc1. The predicted octanol–water partition coefficient (Wildman–Crippen LogP) is 2.14. The van der Waals surface area contributed by atoms with Crippen LogP contribution in [-0.4, -0.2) is 33.1 Å². The molecule has 2 heterocycles. The highest BCUT2D eigenvalue weighted by atomic mass is 32.2. The Bertz CT molecular complexity index is 970. The van der Waals surface area contributed by atoms with Crippen molar-refractivity contribution >= 4 is 29.0 Å². The first-order valence-electron chi connectivity index (χ1n) is 7.49. The number of nitrogens with zero attached hydrogens (tertiary/aromatic N) is 3. The Morgan fingerprint density at radius 2 is 2.00 bits per heavy atom. The largest absolute Gasteiger partial charge is 0.497 e. The number of benzene rings is 1. The lowest BCUT2D eigenvalue weighted by atomic mass is 10.3. The summed E-state index contributed by atoms with van der Waals surface area (Å²) in [6.07, 6.45) is 1.62. The smallest absolute Gasteiger partial charge is 0.355 e. The van der Waals surface area contributed by atoms with Gasteiger partial charge in [-0.15, -0.1) is 0 Å². The molecule has 0 unspecified atom stereocenters. The summed E-state index contributed by atoms with van der Waals surface area (Å²) in [6, 6.07) is 10.7. The third-order valence-corrected chi connectivity index (χ3v) is 4.31. The molecule has 0 radical (unpaired) electrons. The van der Waals surface area contributed by atoms with E-state index in [0.717, 1.165) is 17.3 Å². The number of methoxy groups -OCH3 is 1. The number of carbonyl (C=O) groups excluding carboxylic acids is 1. The van der Waals surface area contributed by atoms with Gasteiger partial charge in [0.05, 0.1) is 12.9 Å². The molecule has 0 fully saturated rings. The van der Waals surface area contributed by atoms with Gasteiger partial charge < -0.3 is 10.1 Å². The lowest BCUT2D eigenvalue weighted by Crippen LogP contribution is -2.20. The Balaban J connectivity index is 1.68. The highest BCUT2D eigenvalue weighted by molar-refractivity contribution is 7.99. The van der Waals surface area contributed by atoms with Crippen LogP contribution in [0.5, 0.6) is 5.75 Å². The summed E-state index contributed by atoms with van der Waals surface area (Å²) < 4.78 is 6.46. The van der Waals surface area contributed by atoms with Crippen LogP contribution in [0.1, 0.15) is 5.56 Å². The van der Waals surface area contributed by atoms with Crippen molar-refractivity contribution in [2.75, 3.05) is 18.2 Å². The van der Waals surface area contributed by atoms with E-state index in [0.29, 0.717) is 17.1 Å². The van der Waals surface area contributed by atoms with Crippen LogP contribution in [0.2, 0.25) is 0 Å². The van der Waals surface area contributed by atoms with Gasteiger partial charge in [-0.1, -0.05) is 17.8 Å². The maximum absolute atomic E-state index is 12.1. The van der Waals surface area contributed by atoms with Gasteiger partial charge in [-0.2, -0.15) is 4.98 Å². The average molecular weight is 356 g/mol. The molecule has 0 aliphatic heterocycles. The number of hydrogen-bond donors (Lipinski definition) is 1. The standard InChI is InChI=1S/C17H16N4O3S/c1-11-4-3-9-21-15(11)19-16(20-17(21)23)25-10-14(22)18-12-5-7-13(24-2)8-6-12/h3-9H,10H2,1-2H3,(H,18,22). The third kappa shape index (κ3) is 3.97. The number of anilines is 1. The number of hydrogen-bond acceptors (Lipinski definition) is 6. The molecule has 1 aromatic carbocycles. The molecule has 0 atom stereocenters. The van der Waals surface area contributed by atoms with Crippen LogP contribution in [0.3, 0.4) is 0 Å². The summed E-state index contributed by atoms with van der Waals surface area (Å²) >= 11 is 1.12. The Kier molecular flexibility index (Phi) is 4.99. The Hall–Kier alpha value is -2.87. The molecule has 2 aromatic heterocycles. The second-order valence-corrected chi connectivity index (χ2v) is 6.18. The molecule has 7 nitrogen and oxygen atoms in total. The molecule has 1 N–H and O–H groups in total. The van der Waals surface area contributed by atoms with E-state index in [1.807, 2.05) is 13.0 Å². The number of carbonyl (C=O) groups is 1. The molecule has 0 bridgehead atoms. The van der Waals surface area contributed by atoms with E-state index in [1.54, 1.807) is 43.6 Å². The zero-order valence-electron chi connectivity index (χ0n) is 13.7. The topological polar surface area (TPSA) is 85.6 Å². The number of amides is 1. The van der Waals surface area contributed by atoms with Crippen molar-refractivity contribution in [3.8, 4) is 5.75 Å². The van der Waals surface area contributed by atoms with E-state index < -0.39 is 5.69 Å². The van der Waals surface area contributed by atoms with E-state index in [9.17, 15) is 9.59 Å². The Morgan fingerprint density at radius 3 is 2.72 bits per heavy atom. The van der Waals surface area contributed by atoms with E-state index in [2.05, 4.69) is 15.3 Å². The Labute approximate surface area is 148 Å². The number of aryl methyl sites for hydroxylation is 1. The minimum Gasteiger partial charge on any atom is -0.497 e. The first-order chi connectivity index (χ1) is 12.1. The summed E-state index contributed by atoms with van der Waals surface area (Å²) in [4.78, 5) is 32.3. The monoisotopic (exact) mass is 356 g/mol. The summed E-state index contributed by atoms with van der Waals surface area (Å²) in [5.74, 6) is 0.615. The molecule has 0 saturated heterocycles. The lowest BCUT2D eigenvalue weighted by Gasteiger charge is -2.07. The normalized spacial score (nSPS) is 10.6. The lowest BCUT2D eigenvalue weighted by molar-refractivity contribution is -0.113. The van der Waals surface area contributed by atoms with Crippen molar-refractivity contribution < 1.29 is 9.53 Å². The molecule has 3 aromatic rings. The van der Waals surface area contributed by atoms with E-state index >= 15 is 0 Å². The molecule has 0 saturated carbocycles. The van der Waals surface area contributed by atoms with Gasteiger partial charge in [0.25, 0.3) is 0 Å². The van der Waals surface area contributed by atoms with Gasteiger partial charge in [0.15, 0.2) is 5.16 Å². The van der Waals surface area contributed by atoms with Crippen LogP contribution in [0, 0.1) is 6.92 Å². The second kappa shape index (κ2) is 7.35. The molecule has 0 aliphatic rings.